The van der Waals surface area contributed by atoms with Crippen LogP contribution >= 0.6 is 0 Å². The summed E-state index contributed by atoms with van der Waals surface area (Å²) in [4.78, 5) is 18.5. The molecule has 4 rings (SSSR count). The van der Waals surface area contributed by atoms with Gasteiger partial charge in [0.25, 0.3) is 5.91 Å². The van der Waals surface area contributed by atoms with Gasteiger partial charge in [0, 0.05) is 25.6 Å². The summed E-state index contributed by atoms with van der Waals surface area (Å²) in [6.07, 6.45) is 2.31. The highest BCUT2D eigenvalue weighted by molar-refractivity contribution is 7.89. The van der Waals surface area contributed by atoms with Crippen molar-refractivity contribution in [1.82, 2.24) is 14.4 Å². The standard InChI is InChI=1S/C20H26N4O5S/c1-4-19-21-18(22-29-19)11-24-15-9-14(3)17(10-16(15)28-12-20(24)25)30(26,27)23-7-5-13(2)6-8-23/h9-10,13H,4-8,11-12H2,1-3H3. The number of piperidine rings is 1. The Hall–Kier alpha value is -2.46. The Morgan fingerprint density at radius 3 is 2.63 bits per heavy atom. The van der Waals surface area contributed by atoms with Crippen LogP contribution in [0.1, 0.15) is 44.0 Å². The molecule has 10 heteroatoms. The Balaban J connectivity index is 1.66. The van der Waals surface area contributed by atoms with Crippen LogP contribution in [0, 0.1) is 12.8 Å². The number of hydrogen-bond donors (Lipinski definition) is 0. The number of hydrogen-bond acceptors (Lipinski definition) is 7. The second-order valence-corrected chi connectivity index (χ2v) is 9.80. The van der Waals surface area contributed by atoms with E-state index in [9.17, 15) is 13.2 Å². The van der Waals surface area contributed by atoms with Crippen molar-refractivity contribution in [2.45, 2.75) is 51.5 Å². The summed E-state index contributed by atoms with van der Waals surface area (Å²) < 4.78 is 38.7. The van der Waals surface area contributed by atoms with Crippen LogP contribution in [-0.4, -0.2) is 48.5 Å². The molecule has 0 saturated carbocycles. The van der Waals surface area contributed by atoms with E-state index >= 15 is 0 Å². The number of benzene rings is 1. The Labute approximate surface area is 176 Å². The zero-order valence-corrected chi connectivity index (χ0v) is 18.2. The maximum Gasteiger partial charge on any atom is 0.265 e. The number of anilines is 1. The fourth-order valence-corrected chi connectivity index (χ4v) is 5.48. The monoisotopic (exact) mass is 434 g/mol. The van der Waals surface area contributed by atoms with Crippen molar-refractivity contribution in [3.8, 4) is 5.75 Å². The Morgan fingerprint density at radius 2 is 1.97 bits per heavy atom. The first-order chi connectivity index (χ1) is 14.3. The average Bonchev–Trinajstić information content (AvgIpc) is 3.18. The molecule has 0 atom stereocenters. The number of nitrogens with zero attached hydrogens (tertiary/aromatic N) is 4. The van der Waals surface area contributed by atoms with Crippen LogP contribution in [0.2, 0.25) is 0 Å². The third-order valence-corrected chi connectivity index (χ3v) is 7.71. The topological polar surface area (TPSA) is 106 Å². The van der Waals surface area contributed by atoms with Gasteiger partial charge in [-0.25, -0.2) is 8.42 Å². The third-order valence-electron chi connectivity index (χ3n) is 5.67. The Kier molecular flexibility index (Phi) is 5.54. The molecule has 0 radical (unpaired) electrons. The first-order valence-electron chi connectivity index (χ1n) is 10.2. The SMILES string of the molecule is CCc1nc(CN2C(=O)COc3cc(S(=O)(=O)N4CCC(C)CC4)c(C)cc32)no1. The molecule has 0 bridgehead atoms. The lowest BCUT2D eigenvalue weighted by Crippen LogP contribution is -2.40. The molecule has 1 aromatic heterocycles. The van der Waals surface area contributed by atoms with Crippen LogP contribution in [0.5, 0.6) is 5.75 Å². The predicted octanol–water partition coefficient (Wildman–Crippen LogP) is 2.29. The minimum atomic E-state index is -3.63. The van der Waals surface area contributed by atoms with E-state index in [-0.39, 0.29) is 24.0 Å². The van der Waals surface area contributed by atoms with E-state index < -0.39 is 10.0 Å². The number of carbonyl (C=O) groups is 1. The fraction of sp³-hybridized carbons (Fsp3) is 0.550. The number of amides is 1. The molecule has 162 valence electrons. The van der Waals surface area contributed by atoms with Crippen LogP contribution < -0.4 is 9.64 Å². The van der Waals surface area contributed by atoms with Crippen molar-refractivity contribution in [3.63, 3.8) is 0 Å². The number of sulfonamides is 1. The molecule has 2 aliphatic heterocycles. The van der Waals surface area contributed by atoms with Crippen LogP contribution in [0.25, 0.3) is 0 Å². The number of aromatic nitrogens is 2. The highest BCUT2D eigenvalue weighted by atomic mass is 32.2. The van der Waals surface area contributed by atoms with Crippen molar-refractivity contribution in [2.75, 3.05) is 24.6 Å². The smallest absolute Gasteiger partial charge is 0.265 e. The largest absolute Gasteiger partial charge is 0.482 e. The number of rotatable bonds is 5. The van der Waals surface area contributed by atoms with Crippen LogP contribution in [0.4, 0.5) is 5.69 Å². The molecule has 0 unspecified atom stereocenters. The van der Waals surface area contributed by atoms with Gasteiger partial charge in [-0.15, -0.1) is 0 Å². The molecule has 2 aliphatic rings. The van der Waals surface area contributed by atoms with Crippen molar-refractivity contribution in [2.24, 2.45) is 5.92 Å². The summed E-state index contributed by atoms with van der Waals surface area (Å²) in [6.45, 7) is 6.78. The van der Waals surface area contributed by atoms with Gasteiger partial charge < -0.3 is 9.26 Å². The van der Waals surface area contributed by atoms with Crippen molar-refractivity contribution in [1.29, 1.82) is 0 Å². The van der Waals surface area contributed by atoms with E-state index in [1.807, 2.05) is 6.92 Å². The zero-order chi connectivity index (χ0) is 21.5. The molecule has 0 spiro atoms. The zero-order valence-electron chi connectivity index (χ0n) is 17.4. The van der Waals surface area contributed by atoms with Gasteiger partial charge in [0.2, 0.25) is 15.9 Å². The molecule has 2 aromatic rings. The second kappa shape index (κ2) is 7.99. The normalized spacial score (nSPS) is 18.4. The molecule has 0 aliphatic carbocycles. The molecule has 1 aromatic carbocycles. The van der Waals surface area contributed by atoms with E-state index in [4.69, 9.17) is 9.26 Å². The number of ether oxygens (including phenoxy) is 1. The van der Waals surface area contributed by atoms with E-state index in [1.54, 1.807) is 17.3 Å². The molecular formula is C20H26N4O5S. The number of aryl methyl sites for hydroxylation is 2. The van der Waals surface area contributed by atoms with Gasteiger partial charge in [0.05, 0.1) is 17.1 Å². The highest BCUT2D eigenvalue weighted by Gasteiger charge is 2.33. The lowest BCUT2D eigenvalue weighted by molar-refractivity contribution is -0.121. The maximum atomic E-state index is 13.2. The highest BCUT2D eigenvalue weighted by Crippen LogP contribution is 2.38. The van der Waals surface area contributed by atoms with Gasteiger partial charge in [-0.05, 0) is 37.3 Å². The fourth-order valence-electron chi connectivity index (χ4n) is 3.79. The molecule has 3 heterocycles. The third kappa shape index (κ3) is 3.81. The lowest BCUT2D eigenvalue weighted by Gasteiger charge is -2.32. The van der Waals surface area contributed by atoms with Crippen LogP contribution in [-0.2, 0) is 27.8 Å². The van der Waals surface area contributed by atoms with E-state index in [1.165, 1.54) is 11.0 Å². The van der Waals surface area contributed by atoms with Crippen molar-refractivity contribution >= 4 is 21.6 Å². The summed E-state index contributed by atoms with van der Waals surface area (Å²) >= 11 is 0. The molecule has 9 nitrogen and oxygen atoms in total. The summed E-state index contributed by atoms with van der Waals surface area (Å²) in [6, 6.07) is 3.22. The number of carbonyl (C=O) groups excluding carboxylic acids is 1. The van der Waals surface area contributed by atoms with E-state index in [2.05, 4.69) is 17.1 Å². The summed E-state index contributed by atoms with van der Waals surface area (Å²) in [7, 11) is -3.63. The van der Waals surface area contributed by atoms with Crippen molar-refractivity contribution in [3.05, 3.63) is 29.4 Å². The minimum Gasteiger partial charge on any atom is -0.482 e. The minimum absolute atomic E-state index is 0.133. The quantitative estimate of drug-likeness (QED) is 0.711. The molecular weight excluding hydrogens is 408 g/mol. The van der Waals surface area contributed by atoms with Gasteiger partial charge >= 0.3 is 0 Å². The summed E-state index contributed by atoms with van der Waals surface area (Å²) in [5.41, 5.74) is 1.08. The van der Waals surface area contributed by atoms with Gasteiger partial charge in [-0.1, -0.05) is 19.0 Å². The first-order valence-corrected chi connectivity index (χ1v) is 11.6. The maximum absolute atomic E-state index is 13.2. The Morgan fingerprint density at radius 1 is 1.23 bits per heavy atom. The summed E-state index contributed by atoms with van der Waals surface area (Å²) in [5, 5.41) is 3.91. The summed E-state index contributed by atoms with van der Waals surface area (Å²) in [5.74, 6) is 1.54. The molecule has 1 fully saturated rings. The molecule has 1 saturated heterocycles. The van der Waals surface area contributed by atoms with Crippen molar-refractivity contribution < 1.29 is 22.5 Å². The van der Waals surface area contributed by atoms with Gasteiger partial charge in [-0.3, -0.25) is 9.69 Å². The lowest BCUT2D eigenvalue weighted by atomic mass is 10.0. The average molecular weight is 435 g/mol. The molecule has 1 amide bonds. The van der Waals surface area contributed by atoms with Gasteiger partial charge in [0.1, 0.15) is 5.75 Å². The number of fused-ring (bicyclic) bond motifs is 1. The second-order valence-electron chi connectivity index (χ2n) is 7.90. The first kappa shape index (κ1) is 20.8. The Bertz CT molecular complexity index is 1060. The van der Waals surface area contributed by atoms with Crippen LogP contribution in [0.3, 0.4) is 0 Å². The molecule has 30 heavy (non-hydrogen) atoms. The van der Waals surface area contributed by atoms with E-state index in [0.29, 0.717) is 54.1 Å². The van der Waals surface area contributed by atoms with Gasteiger partial charge in [-0.2, -0.15) is 9.29 Å². The molecule has 0 N–H and O–H groups in total. The van der Waals surface area contributed by atoms with Crippen LogP contribution in [0.15, 0.2) is 21.6 Å². The predicted molar refractivity (Wildman–Crippen MR) is 109 cm³/mol. The van der Waals surface area contributed by atoms with Gasteiger partial charge in [0.15, 0.2) is 12.4 Å². The van der Waals surface area contributed by atoms with E-state index in [0.717, 1.165) is 12.8 Å².